The topological polar surface area (TPSA) is 137 Å². The molecule has 29 heavy (non-hydrogen) atoms. The Bertz CT molecular complexity index is 1200. The van der Waals surface area contributed by atoms with Crippen molar-refractivity contribution in [2.45, 2.75) is 6.92 Å². The standard InChI is InChI=1S/C17H13ClN8O2S/c1-9(10-4-2-5-11(18)8-10)20-22-17(27)13-14(12-6-3-7-29-12)26(25-21-13)16-15(19)23-28-24-16/h2-8H,1H3,(H2,19,23)(H,22,27). The van der Waals surface area contributed by atoms with E-state index in [0.29, 0.717) is 16.4 Å². The molecule has 12 heteroatoms. The molecule has 3 aromatic heterocycles. The predicted molar refractivity (Wildman–Crippen MR) is 108 cm³/mol. The molecule has 1 aromatic carbocycles. The van der Waals surface area contributed by atoms with Crippen LogP contribution in [0.3, 0.4) is 0 Å². The fourth-order valence-corrected chi connectivity index (χ4v) is 3.47. The zero-order valence-corrected chi connectivity index (χ0v) is 16.5. The van der Waals surface area contributed by atoms with E-state index < -0.39 is 5.91 Å². The highest BCUT2D eigenvalue weighted by atomic mass is 35.5. The zero-order valence-electron chi connectivity index (χ0n) is 14.9. The van der Waals surface area contributed by atoms with Crippen LogP contribution in [0.15, 0.2) is 51.5 Å². The van der Waals surface area contributed by atoms with Crippen molar-refractivity contribution in [3.8, 4) is 16.4 Å². The molecule has 4 aromatic rings. The third kappa shape index (κ3) is 3.73. The van der Waals surface area contributed by atoms with E-state index in [1.807, 2.05) is 23.6 Å². The van der Waals surface area contributed by atoms with Crippen molar-refractivity contribution in [2.75, 3.05) is 5.73 Å². The van der Waals surface area contributed by atoms with Gasteiger partial charge in [-0.1, -0.05) is 35.0 Å². The smallest absolute Gasteiger partial charge is 0.294 e. The first-order chi connectivity index (χ1) is 14.0. The van der Waals surface area contributed by atoms with Crippen LogP contribution in [0.4, 0.5) is 5.82 Å². The summed E-state index contributed by atoms with van der Waals surface area (Å²) in [5, 5.41) is 21.8. The largest absolute Gasteiger partial charge is 0.378 e. The molecule has 0 atom stereocenters. The van der Waals surface area contributed by atoms with E-state index in [-0.39, 0.29) is 17.3 Å². The Morgan fingerprint density at radius 3 is 2.86 bits per heavy atom. The monoisotopic (exact) mass is 428 g/mol. The van der Waals surface area contributed by atoms with Gasteiger partial charge in [0.1, 0.15) is 5.69 Å². The van der Waals surface area contributed by atoms with E-state index in [4.69, 9.17) is 17.3 Å². The van der Waals surface area contributed by atoms with Gasteiger partial charge in [0, 0.05) is 5.02 Å². The van der Waals surface area contributed by atoms with Crippen molar-refractivity contribution < 1.29 is 9.42 Å². The molecule has 1 amide bonds. The van der Waals surface area contributed by atoms with E-state index in [1.54, 1.807) is 25.1 Å². The van der Waals surface area contributed by atoms with Gasteiger partial charge < -0.3 is 5.73 Å². The van der Waals surface area contributed by atoms with Crippen LogP contribution < -0.4 is 11.2 Å². The molecular weight excluding hydrogens is 416 g/mol. The number of nitrogens with two attached hydrogens (primary N) is 1. The summed E-state index contributed by atoms with van der Waals surface area (Å²) in [6.07, 6.45) is 0. The van der Waals surface area contributed by atoms with Crippen molar-refractivity contribution in [3.63, 3.8) is 0 Å². The highest BCUT2D eigenvalue weighted by Crippen LogP contribution is 2.29. The van der Waals surface area contributed by atoms with Gasteiger partial charge >= 0.3 is 0 Å². The Hall–Kier alpha value is -3.57. The molecule has 0 saturated carbocycles. The van der Waals surface area contributed by atoms with Gasteiger partial charge in [-0.25, -0.2) is 10.1 Å². The summed E-state index contributed by atoms with van der Waals surface area (Å²) in [7, 11) is 0. The van der Waals surface area contributed by atoms with Gasteiger partial charge in [-0.05, 0) is 46.4 Å². The van der Waals surface area contributed by atoms with Crippen LogP contribution in [0.5, 0.6) is 0 Å². The van der Waals surface area contributed by atoms with Gasteiger partial charge in [0.2, 0.25) is 11.6 Å². The van der Waals surface area contributed by atoms with Crippen molar-refractivity contribution in [1.82, 2.24) is 30.7 Å². The lowest BCUT2D eigenvalue weighted by Crippen LogP contribution is -2.20. The van der Waals surface area contributed by atoms with Gasteiger partial charge in [-0.15, -0.1) is 16.4 Å². The van der Waals surface area contributed by atoms with Crippen molar-refractivity contribution in [2.24, 2.45) is 5.10 Å². The molecular formula is C17H13ClN8O2S. The summed E-state index contributed by atoms with van der Waals surface area (Å²) in [6.45, 7) is 1.75. The van der Waals surface area contributed by atoms with E-state index in [9.17, 15) is 4.79 Å². The van der Waals surface area contributed by atoms with Gasteiger partial charge in [0.15, 0.2) is 5.69 Å². The molecule has 146 valence electrons. The molecule has 4 rings (SSSR count). The Morgan fingerprint density at radius 2 is 2.17 bits per heavy atom. The van der Waals surface area contributed by atoms with Gasteiger partial charge in [0.25, 0.3) is 5.91 Å². The number of aromatic nitrogens is 5. The van der Waals surface area contributed by atoms with Crippen LogP contribution in [0.2, 0.25) is 5.02 Å². The molecule has 0 radical (unpaired) electrons. The first kappa shape index (κ1) is 18.8. The molecule has 0 unspecified atom stereocenters. The number of nitrogens with one attached hydrogen (secondary N) is 1. The number of nitrogen functional groups attached to an aromatic ring is 1. The molecule has 10 nitrogen and oxygen atoms in total. The van der Waals surface area contributed by atoms with Crippen LogP contribution in [-0.2, 0) is 0 Å². The lowest BCUT2D eigenvalue weighted by Gasteiger charge is -2.04. The van der Waals surface area contributed by atoms with Crippen LogP contribution in [0.1, 0.15) is 23.0 Å². The first-order valence-corrected chi connectivity index (χ1v) is 9.49. The summed E-state index contributed by atoms with van der Waals surface area (Å²) >= 11 is 7.40. The number of carbonyl (C=O) groups excluding carboxylic acids is 1. The molecule has 3 N–H and O–H groups in total. The van der Waals surface area contributed by atoms with E-state index in [1.165, 1.54) is 16.0 Å². The molecule has 0 bridgehead atoms. The summed E-state index contributed by atoms with van der Waals surface area (Å²) in [6, 6.07) is 10.8. The van der Waals surface area contributed by atoms with Crippen LogP contribution in [-0.4, -0.2) is 36.9 Å². The minimum Gasteiger partial charge on any atom is -0.378 e. The second-order valence-corrected chi connectivity index (χ2v) is 7.18. The number of hydrogen-bond donors (Lipinski definition) is 2. The van der Waals surface area contributed by atoms with E-state index >= 15 is 0 Å². The fourth-order valence-electron chi connectivity index (χ4n) is 2.52. The maximum atomic E-state index is 12.8. The lowest BCUT2D eigenvalue weighted by atomic mass is 10.1. The normalized spacial score (nSPS) is 11.6. The number of benzene rings is 1. The first-order valence-electron chi connectivity index (χ1n) is 8.23. The number of carbonyl (C=O) groups is 1. The average molecular weight is 429 g/mol. The summed E-state index contributed by atoms with van der Waals surface area (Å²) in [5.74, 6) is -0.385. The fraction of sp³-hybridized carbons (Fsp3) is 0.0588. The molecule has 0 spiro atoms. The Balaban J connectivity index is 1.68. The van der Waals surface area contributed by atoms with Gasteiger partial charge in [-0.2, -0.15) is 9.78 Å². The van der Waals surface area contributed by atoms with Crippen LogP contribution >= 0.6 is 22.9 Å². The molecule has 0 saturated heterocycles. The highest BCUT2D eigenvalue weighted by Gasteiger charge is 2.25. The van der Waals surface area contributed by atoms with Crippen molar-refractivity contribution in [3.05, 3.63) is 58.1 Å². The number of nitrogens with zero attached hydrogens (tertiary/aromatic N) is 6. The summed E-state index contributed by atoms with van der Waals surface area (Å²) < 4.78 is 5.94. The number of amides is 1. The summed E-state index contributed by atoms with van der Waals surface area (Å²) in [5.41, 5.74) is 10.1. The number of anilines is 1. The quantitative estimate of drug-likeness (QED) is 0.368. The third-order valence-corrected chi connectivity index (χ3v) is 5.02. The van der Waals surface area contributed by atoms with Gasteiger partial charge in [0.05, 0.1) is 10.6 Å². The molecule has 0 fully saturated rings. The highest BCUT2D eigenvalue weighted by molar-refractivity contribution is 7.13. The Morgan fingerprint density at radius 1 is 1.31 bits per heavy atom. The zero-order chi connectivity index (χ0) is 20.4. The average Bonchev–Trinajstić information content (AvgIpc) is 3.45. The van der Waals surface area contributed by atoms with E-state index in [0.717, 1.165) is 10.4 Å². The number of rotatable bonds is 5. The number of halogens is 1. The second kappa shape index (κ2) is 7.81. The second-order valence-electron chi connectivity index (χ2n) is 5.80. The minimum absolute atomic E-state index is 0.0227. The van der Waals surface area contributed by atoms with Crippen molar-refractivity contribution in [1.29, 1.82) is 0 Å². The maximum absolute atomic E-state index is 12.8. The third-order valence-electron chi connectivity index (χ3n) is 3.90. The molecule has 3 heterocycles. The molecule has 0 aliphatic carbocycles. The Labute approximate surface area is 172 Å². The SMILES string of the molecule is CC(=NNC(=O)c1nnn(-c2nonc2N)c1-c1cccs1)c1cccc(Cl)c1. The molecule has 0 aliphatic heterocycles. The van der Waals surface area contributed by atoms with E-state index in [2.05, 4.69) is 35.8 Å². The maximum Gasteiger partial charge on any atom is 0.294 e. The van der Waals surface area contributed by atoms with Crippen molar-refractivity contribution >= 4 is 40.4 Å². The van der Waals surface area contributed by atoms with Crippen LogP contribution in [0.25, 0.3) is 16.4 Å². The van der Waals surface area contributed by atoms with Gasteiger partial charge in [-0.3, -0.25) is 4.79 Å². The number of hydrogen-bond acceptors (Lipinski definition) is 9. The van der Waals surface area contributed by atoms with Crippen LogP contribution in [0, 0.1) is 0 Å². The lowest BCUT2D eigenvalue weighted by molar-refractivity contribution is 0.0950. The number of thiophene rings is 1. The summed E-state index contributed by atoms with van der Waals surface area (Å²) in [4.78, 5) is 13.5. The molecule has 0 aliphatic rings. The predicted octanol–water partition coefficient (Wildman–Crippen LogP) is 2.77. The Kier molecular flexibility index (Phi) is 5.06. The number of hydrazone groups is 1. The minimum atomic E-state index is -0.545.